The number of thiophene rings is 1. The quantitative estimate of drug-likeness (QED) is 0.535. The van der Waals surface area contributed by atoms with Crippen molar-refractivity contribution in [1.29, 1.82) is 5.26 Å². The van der Waals surface area contributed by atoms with Gasteiger partial charge in [-0.05, 0) is 25.3 Å². The topological polar surface area (TPSA) is 94.8 Å². The summed E-state index contributed by atoms with van der Waals surface area (Å²) in [6.07, 6.45) is 1.13. The number of rotatable bonds is 7. The molecule has 0 radical (unpaired) electrons. The third kappa shape index (κ3) is 2.78. The molecule has 2 heterocycles. The summed E-state index contributed by atoms with van der Waals surface area (Å²) in [5.41, 5.74) is 0.155. The van der Waals surface area contributed by atoms with Crippen LogP contribution in [-0.4, -0.2) is 31.6 Å². The fourth-order valence-corrected chi connectivity index (χ4v) is 5.83. The Labute approximate surface area is 144 Å². The van der Waals surface area contributed by atoms with E-state index in [1.54, 1.807) is 31.4 Å². The summed E-state index contributed by atoms with van der Waals surface area (Å²) in [5, 5.41) is 9.14. The van der Waals surface area contributed by atoms with Gasteiger partial charge in [0, 0.05) is 4.88 Å². The van der Waals surface area contributed by atoms with Crippen LogP contribution in [0.5, 0.6) is 0 Å². The molecule has 2 rings (SSSR count). The average molecular weight is 371 g/mol. The van der Waals surface area contributed by atoms with Crippen LogP contribution >= 0.6 is 18.9 Å². The highest BCUT2D eigenvalue weighted by Gasteiger charge is 2.69. The highest BCUT2D eigenvalue weighted by Crippen LogP contribution is 2.69. The molecule has 7 nitrogen and oxygen atoms in total. The predicted octanol–water partition coefficient (Wildman–Crippen LogP) is 3.40. The standard InChI is InChI=1S/C15H18NO6PS/c1-4-21-23(18,22-5-2)15(14(17)19-3)13(11(9-16)10-20-15)12-7-6-8-24-12/h6-8,10,13H,4-5H2,1-3H3/t13-,15?/m1/s1. The molecule has 0 aromatic carbocycles. The number of nitrogens with zero attached hydrogens (tertiary/aromatic N) is 1. The maximum Gasteiger partial charge on any atom is 0.386 e. The molecule has 1 aromatic rings. The van der Waals surface area contributed by atoms with Crippen molar-refractivity contribution in [1.82, 2.24) is 0 Å². The van der Waals surface area contributed by atoms with Crippen LogP contribution in [0.3, 0.4) is 0 Å². The van der Waals surface area contributed by atoms with Crippen LogP contribution in [-0.2, 0) is 27.9 Å². The Morgan fingerprint density at radius 3 is 2.58 bits per heavy atom. The van der Waals surface area contributed by atoms with E-state index in [4.69, 9.17) is 18.5 Å². The van der Waals surface area contributed by atoms with Crippen molar-refractivity contribution in [3.05, 3.63) is 34.2 Å². The molecule has 0 saturated carbocycles. The lowest BCUT2D eigenvalue weighted by Gasteiger charge is -2.36. The monoisotopic (exact) mass is 371 g/mol. The fourth-order valence-electron chi connectivity index (χ4n) is 2.61. The van der Waals surface area contributed by atoms with Gasteiger partial charge >= 0.3 is 18.9 Å². The number of hydrogen-bond acceptors (Lipinski definition) is 8. The van der Waals surface area contributed by atoms with E-state index in [-0.39, 0.29) is 18.8 Å². The first-order chi connectivity index (χ1) is 11.5. The van der Waals surface area contributed by atoms with E-state index in [1.807, 2.05) is 6.07 Å². The van der Waals surface area contributed by atoms with Crippen molar-refractivity contribution in [2.75, 3.05) is 20.3 Å². The van der Waals surface area contributed by atoms with E-state index in [0.717, 1.165) is 13.4 Å². The van der Waals surface area contributed by atoms with Crippen LogP contribution < -0.4 is 0 Å². The number of hydrogen-bond donors (Lipinski definition) is 0. The Bertz CT molecular complexity index is 700. The lowest BCUT2D eigenvalue weighted by Crippen LogP contribution is -2.45. The molecule has 130 valence electrons. The first-order valence-corrected chi connectivity index (χ1v) is 9.72. The van der Waals surface area contributed by atoms with Gasteiger partial charge in [-0.15, -0.1) is 11.3 Å². The molecule has 0 amide bonds. The highest BCUT2D eigenvalue weighted by molar-refractivity contribution is 7.56. The van der Waals surface area contributed by atoms with Crippen molar-refractivity contribution in [2.24, 2.45) is 0 Å². The summed E-state index contributed by atoms with van der Waals surface area (Å²) < 4.78 is 34.6. The minimum absolute atomic E-state index is 0.0401. The molecule has 2 atom stereocenters. The number of methoxy groups -OCH3 is 1. The third-order valence-corrected chi connectivity index (χ3v) is 7.00. The Kier molecular flexibility index (Phi) is 5.83. The molecule has 0 fully saturated rings. The summed E-state index contributed by atoms with van der Waals surface area (Å²) in [4.78, 5) is 13.3. The van der Waals surface area contributed by atoms with Gasteiger partial charge in [-0.1, -0.05) is 6.07 Å². The molecule has 0 aliphatic carbocycles. The maximum atomic E-state index is 13.5. The van der Waals surface area contributed by atoms with Gasteiger partial charge in [0.05, 0.1) is 37.9 Å². The van der Waals surface area contributed by atoms with E-state index >= 15 is 0 Å². The second-order valence-corrected chi connectivity index (χ2v) is 7.93. The minimum Gasteiger partial charge on any atom is -0.469 e. The molecule has 1 aliphatic heterocycles. The number of carbonyl (C=O) groups excluding carboxylic acids is 1. The van der Waals surface area contributed by atoms with Crippen LogP contribution in [0.15, 0.2) is 29.3 Å². The first kappa shape index (κ1) is 18.7. The van der Waals surface area contributed by atoms with Crippen LogP contribution in [0.1, 0.15) is 24.6 Å². The molecular formula is C15H18NO6PS. The summed E-state index contributed by atoms with van der Waals surface area (Å²) in [7, 11) is -2.95. The van der Waals surface area contributed by atoms with Gasteiger partial charge in [0.2, 0.25) is 0 Å². The third-order valence-electron chi connectivity index (χ3n) is 3.51. The second-order valence-electron chi connectivity index (χ2n) is 4.77. The van der Waals surface area contributed by atoms with Crippen molar-refractivity contribution in [3.63, 3.8) is 0 Å². The summed E-state index contributed by atoms with van der Waals surface area (Å²) in [5.74, 6) is -1.84. The van der Waals surface area contributed by atoms with Crippen molar-refractivity contribution in [3.8, 4) is 6.07 Å². The molecule has 0 saturated heterocycles. The van der Waals surface area contributed by atoms with Gasteiger partial charge in [-0.2, -0.15) is 5.26 Å². The zero-order valence-corrected chi connectivity index (χ0v) is 15.3. The average Bonchev–Trinajstić information content (AvgIpc) is 3.21. The van der Waals surface area contributed by atoms with E-state index < -0.39 is 24.8 Å². The highest BCUT2D eigenvalue weighted by atomic mass is 32.1. The largest absolute Gasteiger partial charge is 0.469 e. The normalized spacial score (nSPS) is 23.2. The van der Waals surface area contributed by atoms with Crippen molar-refractivity contribution >= 4 is 24.9 Å². The lowest BCUT2D eigenvalue weighted by atomic mass is 9.94. The molecule has 0 spiro atoms. The van der Waals surface area contributed by atoms with E-state index in [1.165, 1.54) is 11.3 Å². The molecule has 0 N–H and O–H groups in total. The van der Waals surface area contributed by atoms with Crippen LogP contribution in [0.2, 0.25) is 0 Å². The summed E-state index contributed by atoms with van der Waals surface area (Å²) in [6, 6.07) is 5.49. The van der Waals surface area contributed by atoms with E-state index in [2.05, 4.69) is 0 Å². The Morgan fingerprint density at radius 1 is 1.46 bits per heavy atom. The summed E-state index contributed by atoms with van der Waals surface area (Å²) in [6.45, 7) is 3.34. The SMILES string of the molecule is CCOP(=O)(OCC)C1(C(=O)OC)OC=C(C#N)[C@@H]1c1cccs1. The van der Waals surface area contributed by atoms with Crippen molar-refractivity contribution < 1.29 is 27.9 Å². The zero-order chi connectivity index (χ0) is 17.8. The molecule has 1 aliphatic rings. The Hall–Kier alpha value is -1.65. The number of esters is 1. The van der Waals surface area contributed by atoms with Gasteiger partial charge in [0.25, 0.3) is 0 Å². The molecule has 9 heteroatoms. The number of ether oxygens (including phenoxy) is 2. The van der Waals surface area contributed by atoms with Gasteiger partial charge in [0.1, 0.15) is 6.26 Å². The minimum atomic E-state index is -4.11. The second kappa shape index (κ2) is 7.49. The van der Waals surface area contributed by atoms with Crippen LogP contribution in [0.25, 0.3) is 0 Å². The summed E-state index contributed by atoms with van der Waals surface area (Å²) >= 11 is 1.31. The number of nitriles is 1. The molecule has 1 unspecified atom stereocenters. The van der Waals surface area contributed by atoms with Gasteiger partial charge < -0.3 is 18.5 Å². The van der Waals surface area contributed by atoms with Crippen LogP contribution in [0.4, 0.5) is 0 Å². The Morgan fingerprint density at radius 2 is 2.12 bits per heavy atom. The maximum absolute atomic E-state index is 13.5. The number of carbonyl (C=O) groups is 1. The van der Waals surface area contributed by atoms with Crippen LogP contribution in [0, 0.1) is 11.3 Å². The Balaban J connectivity index is 2.70. The van der Waals surface area contributed by atoms with E-state index in [9.17, 15) is 14.6 Å². The lowest BCUT2D eigenvalue weighted by molar-refractivity contribution is -0.155. The molecule has 1 aromatic heterocycles. The first-order valence-electron chi connectivity index (χ1n) is 7.29. The molecular weight excluding hydrogens is 353 g/mol. The van der Waals surface area contributed by atoms with E-state index in [0.29, 0.717) is 4.88 Å². The van der Waals surface area contributed by atoms with Gasteiger partial charge in [-0.25, -0.2) is 4.79 Å². The fraction of sp³-hybridized carbons (Fsp3) is 0.467. The zero-order valence-electron chi connectivity index (χ0n) is 13.6. The predicted molar refractivity (Wildman–Crippen MR) is 87.4 cm³/mol. The van der Waals surface area contributed by atoms with Gasteiger partial charge in [-0.3, -0.25) is 4.57 Å². The van der Waals surface area contributed by atoms with Gasteiger partial charge in [0.15, 0.2) is 0 Å². The molecule has 0 bridgehead atoms. The van der Waals surface area contributed by atoms with Crippen molar-refractivity contribution in [2.45, 2.75) is 25.1 Å². The smallest absolute Gasteiger partial charge is 0.386 e. The molecule has 24 heavy (non-hydrogen) atoms.